The van der Waals surface area contributed by atoms with Crippen LogP contribution in [-0.2, 0) is 6.42 Å². The van der Waals surface area contributed by atoms with Crippen molar-refractivity contribution in [2.45, 2.75) is 26.3 Å². The van der Waals surface area contributed by atoms with E-state index in [1.54, 1.807) is 12.1 Å². The van der Waals surface area contributed by atoms with Gasteiger partial charge in [0, 0.05) is 6.42 Å². The monoisotopic (exact) mass is 271 g/mol. The van der Waals surface area contributed by atoms with E-state index in [4.69, 9.17) is 10.5 Å². The van der Waals surface area contributed by atoms with Gasteiger partial charge in [-0.1, -0.05) is 12.1 Å². The molecule has 0 saturated heterocycles. The molecule has 0 amide bonds. The first kappa shape index (κ1) is 13.1. The molecule has 0 radical (unpaired) electrons. The number of hydrogen-bond acceptors (Lipinski definition) is 2. The molecule has 20 heavy (non-hydrogen) atoms. The highest BCUT2D eigenvalue weighted by Crippen LogP contribution is 2.32. The SMILES string of the molecule is Cc1cc(F)cc(C)c1C(N)c1ccc2c(c1)CCO2. The van der Waals surface area contributed by atoms with E-state index in [0.29, 0.717) is 0 Å². The van der Waals surface area contributed by atoms with E-state index in [9.17, 15) is 4.39 Å². The minimum atomic E-state index is -0.235. The van der Waals surface area contributed by atoms with Crippen LogP contribution in [-0.4, -0.2) is 6.61 Å². The average molecular weight is 271 g/mol. The van der Waals surface area contributed by atoms with Crippen molar-refractivity contribution in [3.63, 3.8) is 0 Å². The van der Waals surface area contributed by atoms with Crippen LogP contribution >= 0.6 is 0 Å². The van der Waals surface area contributed by atoms with E-state index < -0.39 is 0 Å². The highest BCUT2D eigenvalue weighted by Gasteiger charge is 2.18. The summed E-state index contributed by atoms with van der Waals surface area (Å²) in [5.74, 6) is 0.742. The summed E-state index contributed by atoms with van der Waals surface area (Å²) in [6.45, 7) is 4.55. The molecule has 0 saturated carbocycles. The lowest BCUT2D eigenvalue weighted by atomic mass is 9.91. The zero-order valence-corrected chi connectivity index (χ0v) is 11.7. The normalized spacial score (nSPS) is 14.8. The van der Waals surface area contributed by atoms with E-state index in [0.717, 1.165) is 41.0 Å². The summed E-state index contributed by atoms with van der Waals surface area (Å²) >= 11 is 0. The maximum atomic E-state index is 13.4. The highest BCUT2D eigenvalue weighted by molar-refractivity contribution is 5.46. The Hall–Kier alpha value is -1.87. The van der Waals surface area contributed by atoms with Gasteiger partial charge in [-0.15, -0.1) is 0 Å². The molecule has 3 heteroatoms. The quantitative estimate of drug-likeness (QED) is 0.908. The van der Waals surface area contributed by atoms with Crippen molar-refractivity contribution < 1.29 is 9.13 Å². The van der Waals surface area contributed by atoms with Gasteiger partial charge in [-0.05, 0) is 59.9 Å². The van der Waals surface area contributed by atoms with Gasteiger partial charge in [0.05, 0.1) is 12.6 Å². The summed E-state index contributed by atoms with van der Waals surface area (Å²) in [5.41, 5.74) is 11.4. The van der Waals surface area contributed by atoms with Crippen LogP contribution in [0.4, 0.5) is 4.39 Å². The van der Waals surface area contributed by atoms with Gasteiger partial charge in [0.25, 0.3) is 0 Å². The van der Waals surface area contributed by atoms with Crippen molar-refractivity contribution in [2.75, 3.05) is 6.61 Å². The fraction of sp³-hybridized carbons (Fsp3) is 0.294. The Morgan fingerprint density at radius 3 is 2.55 bits per heavy atom. The molecule has 2 aromatic rings. The molecule has 0 aliphatic carbocycles. The van der Waals surface area contributed by atoms with Crippen molar-refractivity contribution in [1.82, 2.24) is 0 Å². The van der Waals surface area contributed by atoms with E-state index in [2.05, 4.69) is 6.07 Å². The van der Waals surface area contributed by atoms with Crippen LogP contribution in [0.15, 0.2) is 30.3 Å². The van der Waals surface area contributed by atoms with Gasteiger partial charge in [0.1, 0.15) is 11.6 Å². The molecule has 1 heterocycles. The van der Waals surface area contributed by atoms with Crippen molar-refractivity contribution in [1.29, 1.82) is 0 Å². The van der Waals surface area contributed by atoms with E-state index in [-0.39, 0.29) is 11.9 Å². The predicted molar refractivity (Wildman–Crippen MR) is 77.5 cm³/mol. The van der Waals surface area contributed by atoms with Gasteiger partial charge in [-0.3, -0.25) is 0 Å². The standard InChI is InChI=1S/C17H18FNO/c1-10-7-14(18)8-11(2)16(10)17(19)13-3-4-15-12(9-13)5-6-20-15/h3-4,7-9,17H,5-6,19H2,1-2H3. The zero-order valence-electron chi connectivity index (χ0n) is 11.7. The number of hydrogen-bond donors (Lipinski definition) is 1. The van der Waals surface area contributed by atoms with Crippen LogP contribution in [0.3, 0.4) is 0 Å². The Morgan fingerprint density at radius 2 is 1.85 bits per heavy atom. The van der Waals surface area contributed by atoms with Crippen LogP contribution < -0.4 is 10.5 Å². The first-order valence-electron chi connectivity index (χ1n) is 6.84. The van der Waals surface area contributed by atoms with Crippen LogP contribution in [0.2, 0.25) is 0 Å². The first-order valence-corrected chi connectivity index (χ1v) is 6.84. The fourth-order valence-electron chi connectivity index (χ4n) is 2.98. The Balaban J connectivity index is 2.03. The molecular weight excluding hydrogens is 253 g/mol. The molecule has 2 aromatic carbocycles. The highest BCUT2D eigenvalue weighted by atomic mass is 19.1. The summed E-state index contributed by atoms with van der Waals surface area (Å²) in [5, 5.41) is 0. The third kappa shape index (κ3) is 2.18. The average Bonchev–Trinajstić information content (AvgIpc) is 2.84. The number of rotatable bonds is 2. The third-order valence-electron chi connectivity index (χ3n) is 3.94. The lowest BCUT2D eigenvalue weighted by Gasteiger charge is -2.19. The number of ether oxygens (including phenoxy) is 1. The molecule has 3 rings (SSSR count). The second-order valence-electron chi connectivity index (χ2n) is 5.40. The van der Waals surface area contributed by atoms with Gasteiger partial charge in [0.2, 0.25) is 0 Å². The van der Waals surface area contributed by atoms with Crippen LogP contribution in [0, 0.1) is 19.7 Å². The van der Waals surface area contributed by atoms with Gasteiger partial charge >= 0.3 is 0 Å². The van der Waals surface area contributed by atoms with E-state index in [1.165, 1.54) is 5.56 Å². The third-order valence-corrected chi connectivity index (χ3v) is 3.94. The fourth-order valence-corrected chi connectivity index (χ4v) is 2.98. The van der Waals surface area contributed by atoms with E-state index >= 15 is 0 Å². The molecule has 1 aliphatic heterocycles. The minimum Gasteiger partial charge on any atom is -0.493 e. The summed E-state index contributed by atoms with van der Waals surface area (Å²) in [6, 6.07) is 8.93. The zero-order chi connectivity index (χ0) is 14.3. The molecule has 0 bridgehead atoms. The topological polar surface area (TPSA) is 35.2 Å². The smallest absolute Gasteiger partial charge is 0.123 e. The summed E-state index contributed by atoms with van der Waals surface area (Å²) < 4.78 is 18.9. The molecule has 0 spiro atoms. The molecule has 1 unspecified atom stereocenters. The number of halogens is 1. The molecule has 1 atom stereocenters. The molecule has 2 N–H and O–H groups in total. The molecule has 1 aliphatic rings. The lowest BCUT2D eigenvalue weighted by molar-refractivity contribution is 0.357. The van der Waals surface area contributed by atoms with Gasteiger partial charge < -0.3 is 10.5 Å². The lowest BCUT2D eigenvalue weighted by Crippen LogP contribution is -2.15. The molecule has 2 nitrogen and oxygen atoms in total. The predicted octanol–water partition coefficient (Wildman–Crippen LogP) is 3.43. The van der Waals surface area contributed by atoms with Gasteiger partial charge in [0.15, 0.2) is 0 Å². The maximum absolute atomic E-state index is 13.4. The van der Waals surface area contributed by atoms with E-state index in [1.807, 2.05) is 26.0 Å². The number of nitrogens with two attached hydrogens (primary N) is 1. The largest absolute Gasteiger partial charge is 0.493 e. The molecular formula is C17H18FNO. The number of aryl methyl sites for hydroxylation is 2. The molecule has 0 aromatic heterocycles. The van der Waals surface area contributed by atoms with Crippen molar-refractivity contribution in [2.24, 2.45) is 5.73 Å². The van der Waals surface area contributed by atoms with Crippen LogP contribution in [0.1, 0.15) is 33.9 Å². The van der Waals surface area contributed by atoms with Gasteiger partial charge in [-0.25, -0.2) is 4.39 Å². The van der Waals surface area contributed by atoms with Crippen LogP contribution in [0.25, 0.3) is 0 Å². The Labute approximate surface area is 118 Å². The second kappa shape index (κ2) is 4.91. The van der Waals surface area contributed by atoms with Crippen molar-refractivity contribution >= 4 is 0 Å². The number of fused-ring (bicyclic) bond motifs is 1. The molecule has 104 valence electrons. The van der Waals surface area contributed by atoms with Crippen molar-refractivity contribution in [3.8, 4) is 5.75 Å². The molecule has 0 fully saturated rings. The number of benzene rings is 2. The Bertz CT molecular complexity index is 643. The first-order chi connectivity index (χ1) is 9.56. The van der Waals surface area contributed by atoms with Gasteiger partial charge in [-0.2, -0.15) is 0 Å². The minimum absolute atomic E-state index is 0.210. The summed E-state index contributed by atoms with van der Waals surface area (Å²) in [4.78, 5) is 0. The Morgan fingerprint density at radius 1 is 1.15 bits per heavy atom. The second-order valence-corrected chi connectivity index (χ2v) is 5.40. The Kier molecular flexibility index (Phi) is 3.22. The van der Waals surface area contributed by atoms with Crippen molar-refractivity contribution in [3.05, 3.63) is 64.0 Å². The van der Waals surface area contributed by atoms with Crippen LogP contribution in [0.5, 0.6) is 5.75 Å². The maximum Gasteiger partial charge on any atom is 0.123 e. The summed E-state index contributed by atoms with van der Waals surface area (Å²) in [6.07, 6.45) is 0.928. The summed E-state index contributed by atoms with van der Waals surface area (Å²) in [7, 11) is 0.